The van der Waals surface area contributed by atoms with Gasteiger partial charge in [-0.05, 0) is 45.2 Å². The summed E-state index contributed by atoms with van der Waals surface area (Å²) in [7, 11) is 0. The van der Waals surface area contributed by atoms with Gasteiger partial charge in [0.2, 0.25) is 5.91 Å². The average Bonchev–Trinajstić information content (AvgIpc) is 2.80. The summed E-state index contributed by atoms with van der Waals surface area (Å²) in [6, 6.07) is 6.95. The number of benzene rings is 1. The van der Waals surface area contributed by atoms with Crippen molar-refractivity contribution in [3.05, 3.63) is 34.9 Å². The van der Waals surface area contributed by atoms with E-state index in [4.69, 9.17) is 0 Å². The van der Waals surface area contributed by atoms with Crippen LogP contribution >= 0.6 is 0 Å². The molecule has 0 radical (unpaired) electrons. The van der Waals surface area contributed by atoms with E-state index in [0.29, 0.717) is 12.5 Å². The molecule has 1 heterocycles. The van der Waals surface area contributed by atoms with Gasteiger partial charge in [-0.1, -0.05) is 29.3 Å². The molecule has 2 N–H and O–H groups in total. The Morgan fingerprint density at radius 1 is 1.32 bits per heavy atom. The summed E-state index contributed by atoms with van der Waals surface area (Å²) in [6.07, 6.45) is 3.85. The van der Waals surface area contributed by atoms with E-state index < -0.39 is 0 Å². The highest BCUT2D eigenvalue weighted by Gasteiger charge is 2.17. The molecular weight excluding hydrogens is 236 g/mol. The fourth-order valence-corrected chi connectivity index (χ4v) is 2.79. The van der Waals surface area contributed by atoms with E-state index in [1.54, 1.807) is 0 Å². The Hall–Kier alpha value is -1.35. The van der Waals surface area contributed by atoms with Crippen molar-refractivity contribution in [1.29, 1.82) is 0 Å². The predicted octanol–water partition coefficient (Wildman–Crippen LogP) is 2.10. The second-order valence-electron chi connectivity index (χ2n) is 5.59. The van der Waals surface area contributed by atoms with Crippen molar-refractivity contribution in [2.45, 2.75) is 45.6 Å². The molecule has 104 valence electrons. The molecule has 0 bridgehead atoms. The van der Waals surface area contributed by atoms with Gasteiger partial charge in [-0.2, -0.15) is 0 Å². The normalized spacial score (nSPS) is 18.5. The van der Waals surface area contributed by atoms with Crippen LogP contribution in [0.25, 0.3) is 0 Å². The molecule has 1 amide bonds. The molecule has 1 aromatic carbocycles. The lowest BCUT2D eigenvalue weighted by atomic mass is 10.1. The van der Waals surface area contributed by atoms with Gasteiger partial charge >= 0.3 is 0 Å². The predicted molar refractivity (Wildman–Crippen MR) is 78.3 cm³/mol. The molecule has 1 aliphatic rings. The Balaban J connectivity index is 1.71. The van der Waals surface area contributed by atoms with Gasteiger partial charge in [0, 0.05) is 19.0 Å². The van der Waals surface area contributed by atoms with Gasteiger partial charge in [0.05, 0.1) is 0 Å². The number of hydrogen-bond acceptors (Lipinski definition) is 2. The third kappa shape index (κ3) is 4.67. The van der Waals surface area contributed by atoms with Crippen LogP contribution in [0.4, 0.5) is 0 Å². The molecule has 1 atom stereocenters. The van der Waals surface area contributed by atoms with Crippen molar-refractivity contribution in [2.24, 2.45) is 0 Å². The van der Waals surface area contributed by atoms with Crippen molar-refractivity contribution >= 4 is 5.91 Å². The maximum absolute atomic E-state index is 11.8. The SMILES string of the molecule is Cc1cc(C)cc(CCNC(=O)CC2CCCN2)c1. The number of amides is 1. The quantitative estimate of drug-likeness (QED) is 0.851. The van der Waals surface area contributed by atoms with E-state index in [0.717, 1.165) is 25.9 Å². The molecule has 1 unspecified atom stereocenters. The van der Waals surface area contributed by atoms with E-state index in [-0.39, 0.29) is 5.91 Å². The second-order valence-corrected chi connectivity index (χ2v) is 5.59. The molecule has 1 aliphatic heterocycles. The summed E-state index contributed by atoms with van der Waals surface area (Å²) in [5.74, 6) is 0.170. The van der Waals surface area contributed by atoms with Crippen LogP contribution in [0.15, 0.2) is 18.2 Å². The second kappa shape index (κ2) is 6.71. The van der Waals surface area contributed by atoms with Gasteiger partial charge < -0.3 is 10.6 Å². The Labute approximate surface area is 115 Å². The minimum absolute atomic E-state index is 0.170. The minimum Gasteiger partial charge on any atom is -0.356 e. The number of nitrogens with one attached hydrogen (secondary N) is 2. The monoisotopic (exact) mass is 260 g/mol. The number of rotatable bonds is 5. The standard InChI is InChI=1S/C16H24N2O/c1-12-8-13(2)10-14(9-12)5-7-18-16(19)11-15-4-3-6-17-15/h8-10,15,17H,3-7,11H2,1-2H3,(H,18,19). The van der Waals surface area contributed by atoms with Crippen molar-refractivity contribution in [2.75, 3.05) is 13.1 Å². The first kappa shape index (κ1) is 14.1. The third-order valence-corrected chi connectivity index (χ3v) is 3.61. The Bertz CT molecular complexity index is 416. The topological polar surface area (TPSA) is 41.1 Å². The van der Waals surface area contributed by atoms with Crippen LogP contribution in [0.1, 0.15) is 36.0 Å². The number of carbonyl (C=O) groups excluding carboxylic acids is 1. The largest absolute Gasteiger partial charge is 0.356 e. The van der Waals surface area contributed by atoms with Crippen molar-refractivity contribution < 1.29 is 4.79 Å². The van der Waals surface area contributed by atoms with Gasteiger partial charge in [-0.3, -0.25) is 4.79 Å². The zero-order valence-electron chi connectivity index (χ0n) is 12.0. The highest BCUT2D eigenvalue weighted by molar-refractivity contribution is 5.76. The molecule has 2 rings (SSSR count). The van der Waals surface area contributed by atoms with Crippen LogP contribution in [-0.2, 0) is 11.2 Å². The van der Waals surface area contributed by atoms with Crippen LogP contribution in [0.3, 0.4) is 0 Å². The summed E-state index contributed by atoms with van der Waals surface area (Å²) >= 11 is 0. The van der Waals surface area contributed by atoms with Crippen LogP contribution in [0, 0.1) is 13.8 Å². The summed E-state index contributed by atoms with van der Waals surface area (Å²) in [5.41, 5.74) is 3.88. The molecule has 0 aliphatic carbocycles. The molecule has 0 aromatic heterocycles. The zero-order valence-corrected chi connectivity index (χ0v) is 12.0. The lowest BCUT2D eigenvalue weighted by molar-refractivity contribution is -0.121. The summed E-state index contributed by atoms with van der Waals surface area (Å²) in [5, 5.41) is 6.37. The van der Waals surface area contributed by atoms with Crippen molar-refractivity contribution in [3.63, 3.8) is 0 Å². The minimum atomic E-state index is 0.170. The molecule has 3 nitrogen and oxygen atoms in total. The lowest BCUT2D eigenvalue weighted by Crippen LogP contribution is -2.32. The third-order valence-electron chi connectivity index (χ3n) is 3.61. The molecular formula is C16H24N2O. The Morgan fingerprint density at radius 2 is 2.05 bits per heavy atom. The Kier molecular flexibility index (Phi) is 4.97. The maximum atomic E-state index is 11.8. The lowest BCUT2D eigenvalue weighted by Gasteiger charge is -2.11. The van der Waals surface area contributed by atoms with E-state index in [1.807, 2.05) is 0 Å². The zero-order chi connectivity index (χ0) is 13.7. The van der Waals surface area contributed by atoms with E-state index in [1.165, 1.54) is 23.1 Å². The average molecular weight is 260 g/mol. The van der Waals surface area contributed by atoms with Crippen molar-refractivity contribution in [1.82, 2.24) is 10.6 Å². The molecule has 0 saturated carbocycles. The molecule has 0 spiro atoms. The fourth-order valence-electron chi connectivity index (χ4n) is 2.79. The smallest absolute Gasteiger partial charge is 0.221 e. The van der Waals surface area contributed by atoms with Gasteiger partial charge in [0.1, 0.15) is 0 Å². The summed E-state index contributed by atoms with van der Waals surface area (Å²) < 4.78 is 0. The number of carbonyl (C=O) groups is 1. The van der Waals surface area contributed by atoms with Crippen LogP contribution in [0.5, 0.6) is 0 Å². The van der Waals surface area contributed by atoms with Crippen LogP contribution < -0.4 is 10.6 Å². The molecule has 1 fully saturated rings. The fraction of sp³-hybridized carbons (Fsp3) is 0.562. The van der Waals surface area contributed by atoms with E-state index in [9.17, 15) is 4.79 Å². The first-order chi connectivity index (χ1) is 9.13. The van der Waals surface area contributed by atoms with E-state index in [2.05, 4.69) is 42.7 Å². The van der Waals surface area contributed by atoms with Gasteiger partial charge in [-0.15, -0.1) is 0 Å². The first-order valence-electron chi connectivity index (χ1n) is 7.21. The van der Waals surface area contributed by atoms with E-state index >= 15 is 0 Å². The highest BCUT2D eigenvalue weighted by Crippen LogP contribution is 2.10. The highest BCUT2D eigenvalue weighted by atomic mass is 16.1. The maximum Gasteiger partial charge on any atom is 0.221 e. The van der Waals surface area contributed by atoms with Crippen molar-refractivity contribution in [3.8, 4) is 0 Å². The number of aryl methyl sites for hydroxylation is 2. The number of hydrogen-bond donors (Lipinski definition) is 2. The Morgan fingerprint density at radius 3 is 2.68 bits per heavy atom. The van der Waals surface area contributed by atoms with Gasteiger partial charge in [-0.25, -0.2) is 0 Å². The molecule has 1 aromatic rings. The van der Waals surface area contributed by atoms with Gasteiger partial charge in [0.15, 0.2) is 0 Å². The first-order valence-corrected chi connectivity index (χ1v) is 7.21. The van der Waals surface area contributed by atoms with Gasteiger partial charge in [0.25, 0.3) is 0 Å². The summed E-state index contributed by atoms with van der Waals surface area (Å²) in [6.45, 7) is 6.01. The van der Waals surface area contributed by atoms with Crippen LogP contribution in [0.2, 0.25) is 0 Å². The molecule has 19 heavy (non-hydrogen) atoms. The summed E-state index contributed by atoms with van der Waals surface area (Å²) in [4.78, 5) is 11.8. The molecule has 3 heteroatoms. The van der Waals surface area contributed by atoms with Crippen LogP contribution in [-0.4, -0.2) is 25.0 Å². The molecule has 1 saturated heterocycles.